The third kappa shape index (κ3) is 4.06. The van der Waals surface area contributed by atoms with Gasteiger partial charge in [0.25, 0.3) is 5.91 Å². The summed E-state index contributed by atoms with van der Waals surface area (Å²) in [6, 6.07) is 5.70. The van der Waals surface area contributed by atoms with Crippen LogP contribution in [0.4, 0.5) is 11.8 Å². The average Bonchev–Trinajstić information content (AvgIpc) is 2.79. The predicted octanol–water partition coefficient (Wildman–Crippen LogP) is 0.976. The maximum absolute atomic E-state index is 12.7. The Labute approximate surface area is 165 Å². The first kappa shape index (κ1) is 18.6. The molecule has 0 aromatic carbocycles. The fourth-order valence-electron chi connectivity index (χ4n) is 3.74. The molecule has 0 bridgehead atoms. The molecule has 8 nitrogen and oxygen atoms in total. The molecule has 2 aromatic heterocycles. The van der Waals surface area contributed by atoms with Gasteiger partial charge in [0.15, 0.2) is 0 Å². The van der Waals surface area contributed by atoms with Crippen LogP contribution in [0.2, 0.25) is 0 Å². The van der Waals surface area contributed by atoms with Gasteiger partial charge in [0.05, 0.1) is 5.56 Å². The standard InChI is InChI=1S/C20H27N7O/c1-2-24-8-10-26(11-9-24)19(28)17-4-5-18(23-16-17)25-12-14-27(15-13-25)20-21-6-3-7-22-20/h3-7,16H,2,8-15H2,1H3. The molecule has 0 radical (unpaired) electrons. The van der Waals surface area contributed by atoms with Crippen molar-refractivity contribution in [2.75, 3.05) is 68.7 Å². The summed E-state index contributed by atoms with van der Waals surface area (Å²) in [5, 5.41) is 0. The first-order valence-corrected chi connectivity index (χ1v) is 9.99. The Hall–Kier alpha value is -2.74. The number of likely N-dealkylation sites (N-methyl/N-ethyl adjacent to an activating group) is 1. The second-order valence-electron chi connectivity index (χ2n) is 7.15. The van der Waals surface area contributed by atoms with Crippen molar-refractivity contribution in [3.8, 4) is 0 Å². The normalized spacial score (nSPS) is 18.4. The number of carbonyl (C=O) groups is 1. The molecule has 2 aromatic rings. The van der Waals surface area contributed by atoms with Gasteiger partial charge in [-0.15, -0.1) is 0 Å². The van der Waals surface area contributed by atoms with E-state index in [1.807, 2.05) is 23.1 Å². The number of hydrogen-bond donors (Lipinski definition) is 0. The monoisotopic (exact) mass is 381 g/mol. The van der Waals surface area contributed by atoms with Crippen LogP contribution in [0, 0.1) is 0 Å². The molecule has 0 unspecified atom stereocenters. The van der Waals surface area contributed by atoms with Crippen molar-refractivity contribution in [2.45, 2.75) is 6.92 Å². The van der Waals surface area contributed by atoms with Crippen LogP contribution in [0.5, 0.6) is 0 Å². The summed E-state index contributed by atoms with van der Waals surface area (Å²) in [5.74, 6) is 1.78. The van der Waals surface area contributed by atoms with Crippen molar-refractivity contribution in [2.24, 2.45) is 0 Å². The summed E-state index contributed by atoms with van der Waals surface area (Å²) in [6.45, 7) is 10.1. The van der Waals surface area contributed by atoms with E-state index >= 15 is 0 Å². The number of amides is 1. The van der Waals surface area contributed by atoms with Gasteiger partial charge in [-0.1, -0.05) is 6.92 Å². The zero-order chi connectivity index (χ0) is 19.3. The quantitative estimate of drug-likeness (QED) is 0.782. The third-order valence-corrected chi connectivity index (χ3v) is 5.54. The Morgan fingerprint density at radius 3 is 2.18 bits per heavy atom. The van der Waals surface area contributed by atoms with Crippen LogP contribution in [-0.2, 0) is 0 Å². The average molecular weight is 381 g/mol. The smallest absolute Gasteiger partial charge is 0.255 e. The molecule has 4 heterocycles. The molecular formula is C20H27N7O. The number of nitrogens with zero attached hydrogens (tertiary/aromatic N) is 7. The first-order valence-electron chi connectivity index (χ1n) is 9.99. The van der Waals surface area contributed by atoms with E-state index in [0.29, 0.717) is 5.56 Å². The fourth-order valence-corrected chi connectivity index (χ4v) is 3.74. The Morgan fingerprint density at radius 1 is 0.893 bits per heavy atom. The highest BCUT2D eigenvalue weighted by Gasteiger charge is 2.23. The van der Waals surface area contributed by atoms with Crippen LogP contribution >= 0.6 is 0 Å². The molecule has 4 rings (SSSR count). The summed E-state index contributed by atoms with van der Waals surface area (Å²) >= 11 is 0. The van der Waals surface area contributed by atoms with Crippen molar-refractivity contribution >= 4 is 17.7 Å². The first-order chi connectivity index (χ1) is 13.7. The second-order valence-corrected chi connectivity index (χ2v) is 7.15. The lowest BCUT2D eigenvalue weighted by Gasteiger charge is -2.35. The van der Waals surface area contributed by atoms with Gasteiger partial charge in [-0.25, -0.2) is 15.0 Å². The molecule has 0 spiro atoms. The van der Waals surface area contributed by atoms with E-state index in [-0.39, 0.29) is 5.91 Å². The predicted molar refractivity (Wildman–Crippen MR) is 109 cm³/mol. The third-order valence-electron chi connectivity index (χ3n) is 5.54. The second kappa shape index (κ2) is 8.52. The van der Waals surface area contributed by atoms with Crippen molar-refractivity contribution in [3.05, 3.63) is 42.4 Å². The summed E-state index contributed by atoms with van der Waals surface area (Å²) in [6.07, 6.45) is 5.26. The highest BCUT2D eigenvalue weighted by Crippen LogP contribution is 2.17. The van der Waals surface area contributed by atoms with Gasteiger partial charge in [0.1, 0.15) is 5.82 Å². The topological polar surface area (TPSA) is 68.7 Å². The fraction of sp³-hybridized carbons (Fsp3) is 0.500. The molecule has 0 atom stereocenters. The Morgan fingerprint density at radius 2 is 1.57 bits per heavy atom. The van der Waals surface area contributed by atoms with Crippen LogP contribution in [0.3, 0.4) is 0 Å². The van der Waals surface area contributed by atoms with E-state index in [1.165, 1.54) is 0 Å². The molecule has 148 valence electrons. The molecule has 2 aliphatic heterocycles. The number of pyridine rings is 1. The SMILES string of the molecule is CCN1CCN(C(=O)c2ccc(N3CCN(c4ncccn4)CC3)nc2)CC1. The maximum atomic E-state index is 12.7. The van der Waals surface area contributed by atoms with Crippen molar-refractivity contribution in [1.82, 2.24) is 24.8 Å². The number of anilines is 2. The van der Waals surface area contributed by atoms with Crippen molar-refractivity contribution in [3.63, 3.8) is 0 Å². The minimum Gasteiger partial charge on any atom is -0.353 e. The molecule has 8 heteroatoms. The van der Waals surface area contributed by atoms with Gasteiger partial charge >= 0.3 is 0 Å². The Bertz CT molecular complexity index is 767. The molecule has 0 saturated carbocycles. The summed E-state index contributed by atoms with van der Waals surface area (Å²) in [7, 11) is 0. The molecule has 1 amide bonds. The maximum Gasteiger partial charge on any atom is 0.255 e. The van der Waals surface area contributed by atoms with Gasteiger partial charge in [-0.05, 0) is 24.7 Å². The highest BCUT2D eigenvalue weighted by atomic mass is 16.2. The summed E-state index contributed by atoms with van der Waals surface area (Å²) < 4.78 is 0. The molecule has 2 saturated heterocycles. The molecule has 0 N–H and O–H groups in total. The number of rotatable bonds is 4. The van der Waals surface area contributed by atoms with Gasteiger partial charge < -0.3 is 19.6 Å². The Kier molecular flexibility index (Phi) is 5.66. The lowest BCUT2D eigenvalue weighted by atomic mass is 10.2. The van der Waals surface area contributed by atoms with E-state index in [2.05, 4.69) is 36.6 Å². The number of aromatic nitrogens is 3. The van der Waals surface area contributed by atoms with E-state index in [9.17, 15) is 4.79 Å². The number of piperazine rings is 2. The molecular weight excluding hydrogens is 354 g/mol. The molecule has 2 fully saturated rings. The van der Waals surface area contributed by atoms with Crippen LogP contribution in [0.1, 0.15) is 17.3 Å². The van der Waals surface area contributed by atoms with Crippen LogP contribution in [0.15, 0.2) is 36.8 Å². The molecule has 2 aliphatic rings. The van der Waals surface area contributed by atoms with Gasteiger partial charge in [0, 0.05) is 70.9 Å². The van der Waals surface area contributed by atoms with Crippen molar-refractivity contribution < 1.29 is 4.79 Å². The van der Waals surface area contributed by atoms with Gasteiger partial charge in [-0.3, -0.25) is 4.79 Å². The van der Waals surface area contributed by atoms with Crippen LogP contribution in [0.25, 0.3) is 0 Å². The number of carbonyl (C=O) groups excluding carboxylic acids is 1. The zero-order valence-corrected chi connectivity index (χ0v) is 16.4. The minimum atomic E-state index is 0.0841. The van der Waals surface area contributed by atoms with E-state index in [1.54, 1.807) is 18.6 Å². The Balaban J connectivity index is 1.33. The van der Waals surface area contributed by atoms with Gasteiger partial charge in [-0.2, -0.15) is 0 Å². The summed E-state index contributed by atoms with van der Waals surface area (Å²) in [4.78, 5) is 34.7. The zero-order valence-electron chi connectivity index (χ0n) is 16.4. The van der Waals surface area contributed by atoms with E-state index in [0.717, 1.165) is 70.7 Å². The van der Waals surface area contributed by atoms with Crippen molar-refractivity contribution in [1.29, 1.82) is 0 Å². The molecule has 28 heavy (non-hydrogen) atoms. The van der Waals surface area contributed by atoms with Crippen LogP contribution < -0.4 is 9.80 Å². The minimum absolute atomic E-state index is 0.0841. The van der Waals surface area contributed by atoms with E-state index in [4.69, 9.17) is 0 Å². The molecule has 0 aliphatic carbocycles. The largest absolute Gasteiger partial charge is 0.353 e. The van der Waals surface area contributed by atoms with E-state index < -0.39 is 0 Å². The van der Waals surface area contributed by atoms with Gasteiger partial charge in [0.2, 0.25) is 5.95 Å². The lowest BCUT2D eigenvalue weighted by molar-refractivity contribution is 0.0643. The summed E-state index contributed by atoms with van der Waals surface area (Å²) in [5.41, 5.74) is 0.671. The number of hydrogen-bond acceptors (Lipinski definition) is 7. The van der Waals surface area contributed by atoms with Crippen LogP contribution in [-0.4, -0.2) is 89.6 Å². The lowest BCUT2D eigenvalue weighted by Crippen LogP contribution is -2.48. The highest BCUT2D eigenvalue weighted by molar-refractivity contribution is 5.94.